The zero-order chi connectivity index (χ0) is 16.9. The van der Waals surface area contributed by atoms with Crippen LogP contribution in [0.5, 0.6) is 0 Å². The summed E-state index contributed by atoms with van der Waals surface area (Å²) in [5.41, 5.74) is 5.07. The average molecular weight is 427 g/mol. The van der Waals surface area contributed by atoms with Crippen LogP contribution >= 0.6 is 22.6 Å². The fraction of sp³-hybridized carbons (Fsp3) is 0.0526. The van der Waals surface area contributed by atoms with Gasteiger partial charge in [0.15, 0.2) is 0 Å². The van der Waals surface area contributed by atoms with E-state index >= 15 is 0 Å². The molecule has 0 atom stereocenters. The molecule has 1 aromatic heterocycles. The van der Waals surface area contributed by atoms with E-state index in [2.05, 4.69) is 39.0 Å². The van der Waals surface area contributed by atoms with Crippen molar-refractivity contribution in [2.24, 2.45) is 5.10 Å². The molecule has 2 aromatic carbocycles. The predicted octanol–water partition coefficient (Wildman–Crippen LogP) is 3.64. The Bertz CT molecular complexity index is 949. The van der Waals surface area contributed by atoms with Gasteiger partial charge < -0.3 is 4.57 Å². The highest BCUT2D eigenvalue weighted by molar-refractivity contribution is 14.1. The Hall–Kier alpha value is -2.59. The van der Waals surface area contributed by atoms with Crippen LogP contribution in [-0.2, 0) is 6.54 Å². The highest BCUT2D eigenvalue weighted by atomic mass is 127. The van der Waals surface area contributed by atoms with Crippen molar-refractivity contribution >= 4 is 45.6 Å². The number of halogens is 1. The lowest BCUT2D eigenvalue weighted by Crippen LogP contribution is -2.17. The molecule has 0 aliphatic rings. The molecule has 1 amide bonds. The van der Waals surface area contributed by atoms with Crippen molar-refractivity contribution in [3.8, 4) is 12.3 Å². The van der Waals surface area contributed by atoms with Crippen LogP contribution in [0.1, 0.15) is 15.9 Å². The average Bonchev–Trinajstić information content (AvgIpc) is 2.94. The molecule has 0 fully saturated rings. The molecule has 24 heavy (non-hydrogen) atoms. The summed E-state index contributed by atoms with van der Waals surface area (Å²) in [6, 6.07) is 15.2. The Labute approximate surface area is 153 Å². The lowest BCUT2D eigenvalue weighted by Gasteiger charge is -1.99. The van der Waals surface area contributed by atoms with Gasteiger partial charge in [0, 0.05) is 31.8 Å². The number of para-hydroxylation sites is 1. The number of rotatable bonds is 4. The second-order valence-corrected chi connectivity index (χ2v) is 6.39. The second kappa shape index (κ2) is 7.32. The summed E-state index contributed by atoms with van der Waals surface area (Å²) in [5.74, 6) is 2.40. The molecule has 3 aromatic rings. The molecule has 0 saturated heterocycles. The monoisotopic (exact) mass is 427 g/mol. The molecule has 0 saturated carbocycles. The van der Waals surface area contributed by atoms with Gasteiger partial charge in [-0.05, 0) is 52.9 Å². The van der Waals surface area contributed by atoms with E-state index in [9.17, 15) is 4.79 Å². The highest BCUT2D eigenvalue weighted by Crippen LogP contribution is 2.19. The van der Waals surface area contributed by atoms with Crippen molar-refractivity contribution in [2.45, 2.75) is 6.54 Å². The predicted molar refractivity (Wildman–Crippen MR) is 105 cm³/mol. The van der Waals surface area contributed by atoms with Gasteiger partial charge in [0.1, 0.15) is 0 Å². The summed E-state index contributed by atoms with van der Waals surface area (Å²) in [6.45, 7) is 0.489. The van der Waals surface area contributed by atoms with E-state index in [0.29, 0.717) is 12.1 Å². The third-order valence-electron chi connectivity index (χ3n) is 3.56. The molecule has 0 bridgehead atoms. The van der Waals surface area contributed by atoms with Gasteiger partial charge in [0.25, 0.3) is 5.91 Å². The largest absolute Gasteiger partial charge is 0.335 e. The molecule has 0 spiro atoms. The summed E-state index contributed by atoms with van der Waals surface area (Å²) >= 11 is 2.20. The van der Waals surface area contributed by atoms with Gasteiger partial charge in [-0.25, -0.2) is 5.43 Å². The minimum atomic E-state index is -0.241. The summed E-state index contributed by atoms with van der Waals surface area (Å²) in [6.07, 6.45) is 8.99. The molecule has 1 heterocycles. The van der Waals surface area contributed by atoms with Gasteiger partial charge in [-0.15, -0.1) is 6.42 Å². The van der Waals surface area contributed by atoms with Crippen molar-refractivity contribution < 1.29 is 4.79 Å². The standard InChI is InChI=1S/C19H14IN3O/c1-2-11-23-13-15(17-5-3-4-6-18(17)23)12-21-22-19(24)14-7-9-16(20)10-8-14/h1,3-10,12-13H,11H2,(H,22,24)/b21-12-. The van der Waals surface area contributed by atoms with E-state index in [1.165, 1.54) is 0 Å². The third kappa shape index (κ3) is 3.49. The van der Waals surface area contributed by atoms with Gasteiger partial charge in [-0.1, -0.05) is 24.1 Å². The van der Waals surface area contributed by atoms with Crippen LogP contribution in [0.4, 0.5) is 0 Å². The molecule has 3 rings (SSSR count). The van der Waals surface area contributed by atoms with Crippen molar-refractivity contribution in [3.63, 3.8) is 0 Å². The number of terminal acetylenes is 1. The quantitative estimate of drug-likeness (QED) is 0.294. The van der Waals surface area contributed by atoms with Gasteiger partial charge in [0.2, 0.25) is 0 Å². The molecule has 5 heteroatoms. The van der Waals surface area contributed by atoms with Crippen LogP contribution in [0.2, 0.25) is 0 Å². The van der Waals surface area contributed by atoms with Crippen LogP contribution in [0.25, 0.3) is 10.9 Å². The van der Waals surface area contributed by atoms with Crippen molar-refractivity contribution in [2.75, 3.05) is 0 Å². The number of fused-ring (bicyclic) bond motifs is 1. The van der Waals surface area contributed by atoms with Gasteiger partial charge in [-0.2, -0.15) is 5.10 Å². The van der Waals surface area contributed by atoms with Crippen LogP contribution < -0.4 is 5.43 Å². The minimum absolute atomic E-state index is 0.241. The molecule has 0 radical (unpaired) electrons. The van der Waals surface area contributed by atoms with E-state index in [1.54, 1.807) is 18.3 Å². The number of hydrazone groups is 1. The lowest BCUT2D eigenvalue weighted by molar-refractivity contribution is 0.0955. The summed E-state index contributed by atoms with van der Waals surface area (Å²) in [7, 11) is 0. The summed E-state index contributed by atoms with van der Waals surface area (Å²) in [5, 5.41) is 5.11. The fourth-order valence-corrected chi connectivity index (χ4v) is 2.79. The third-order valence-corrected chi connectivity index (χ3v) is 4.28. The zero-order valence-electron chi connectivity index (χ0n) is 12.7. The number of amides is 1. The van der Waals surface area contributed by atoms with Crippen molar-refractivity contribution in [1.82, 2.24) is 9.99 Å². The van der Waals surface area contributed by atoms with Gasteiger partial charge in [-0.3, -0.25) is 4.79 Å². The molecule has 0 aliphatic carbocycles. The van der Waals surface area contributed by atoms with Crippen molar-refractivity contribution in [1.29, 1.82) is 0 Å². The maximum atomic E-state index is 12.1. The fourth-order valence-electron chi connectivity index (χ4n) is 2.43. The van der Waals surface area contributed by atoms with E-state index in [-0.39, 0.29) is 5.91 Å². The molecular formula is C19H14IN3O. The van der Waals surface area contributed by atoms with E-state index in [1.807, 2.05) is 47.2 Å². The van der Waals surface area contributed by atoms with Crippen LogP contribution in [0.3, 0.4) is 0 Å². The lowest BCUT2D eigenvalue weighted by atomic mass is 10.2. The SMILES string of the molecule is C#CCn1cc(/C=N\NC(=O)c2ccc(I)cc2)c2ccccc21. The number of carbonyl (C=O) groups excluding carboxylic acids is 1. The maximum absolute atomic E-state index is 12.1. The molecule has 1 N–H and O–H groups in total. The molecule has 4 nitrogen and oxygen atoms in total. The first-order valence-electron chi connectivity index (χ1n) is 7.29. The molecule has 0 unspecified atom stereocenters. The van der Waals surface area contributed by atoms with Gasteiger partial charge in [0.05, 0.1) is 12.8 Å². The number of nitrogens with one attached hydrogen (secondary N) is 1. The first-order chi connectivity index (χ1) is 11.7. The number of benzene rings is 2. The van der Waals surface area contributed by atoms with Crippen LogP contribution in [0.15, 0.2) is 59.8 Å². The Morgan fingerprint density at radius 2 is 2.00 bits per heavy atom. The van der Waals surface area contributed by atoms with E-state index in [4.69, 9.17) is 6.42 Å². The Morgan fingerprint density at radius 3 is 2.75 bits per heavy atom. The summed E-state index contributed by atoms with van der Waals surface area (Å²) < 4.78 is 3.06. The number of aromatic nitrogens is 1. The number of hydrogen-bond acceptors (Lipinski definition) is 2. The van der Waals surface area contributed by atoms with Gasteiger partial charge >= 0.3 is 0 Å². The van der Waals surface area contributed by atoms with E-state index < -0.39 is 0 Å². The first-order valence-corrected chi connectivity index (χ1v) is 8.37. The van der Waals surface area contributed by atoms with Crippen LogP contribution in [0, 0.1) is 15.9 Å². The maximum Gasteiger partial charge on any atom is 0.271 e. The molecular weight excluding hydrogens is 413 g/mol. The Kier molecular flexibility index (Phi) is 4.96. The molecule has 118 valence electrons. The first kappa shape index (κ1) is 16.3. The Morgan fingerprint density at radius 1 is 1.25 bits per heavy atom. The normalized spacial score (nSPS) is 10.8. The highest BCUT2D eigenvalue weighted by Gasteiger charge is 2.06. The zero-order valence-corrected chi connectivity index (χ0v) is 14.9. The smallest absolute Gasteiger partial charge is 0.271 e. The molecule has 0 aliphatic heterocycles. The summed E-state index contributed by atoms with van der Waals surface area (Å²) in [4.78, 5) is 12.1. The number of carbonyl (C=O) groups is 1. The second-order valence-electron chi connectivity index (χ2n) is 5.14. The Balaban J connectivity index is 1.79. The van der Waals surface area contributed by atoms with E-state index in [0.717, 1.165) is 20.0 Å². The number of hydrogen-bond donors (Lipinski definition) is 1. The topological polar surface area (TPSA) is 46.4 Å². The number of nitrogens with zero attached hydrogens (tertiary/aromatic N) is 2. The van der Waals surface area contributed by atoms with Crippen LogP contribution in [-0.4, -0.2) is 16.7 Å². The van der Waals surface area contributed by atoms with Crippen molar-refractivity contribution in [3.05, 3.63) is 69.4 Å². The minimum Gasteiger partial charge on any atom is -0.335 e.